The van der Waals surface area contributed by atoms with Crippen LogP contribution in [-0.2, 0) is 9.59 Å². The first-order valence-corrected chi connectivity index (χ1v) is 5.26. The van der Waals surface area contributed by atoms with Gasteiger partial charge in [0.15, 0.2) is 0 Å². The van der Waals surface area contributed by atoms with E-state index >= 15 is 0 Å². The predicted molar refractivity (Wildman–Crippen MR) is 54.6 cm³/mol. The minimum atomic E-state index is -1.17. The Kier molecular flexibility index (Phi) is 2.21. The number of thioether (sulfide) groups is 1. The van der Waals surface area contributed by atoms with Gasteiger partial charge in [-0.15, -0.1) is 18.2 Å². The van der Waals surface area contributed by atoms with Crippen LogP contribution in [0.2, 0.25) is 0 Å². The van der Waals surface area contributed by atoms with Gasteiger partial charge in [0.2, 0.25) is 5.91 Å². The Morgan fingerprint density at radius 3 is 2.93 bits per heavy atom. The smallest absolute Gasteiger partial charge is 0.353 e. The molecule has 1 fully saturated rings. The summed E-state index contributed by atoms with van der Waals surface area (Å²) in [7, 11) is 0. The van der Waals surface area contributed by atoms with Crippen LogP contribution in [-0.4, -0.2) is 39.1 Å². The Bertz CT molecular complexity index is 424. The average Bonchev–Trinajstić information content (AvgIpc) is 2.25. The first-order chi connectivity index (χ1) is 7.07. The molecule has 1 amide bonds. The predicted octanol–water partition coefficient (Wildman–Crippen LogP) is -0.799. The lowest BCUT2D eigenvalue weighted by molar-refractivity contribution is -0.147. The molecule has 0 aromatic carbocycles. The summed E-state index contributed by atoms with van der Waals surface area (Å²) >= 11 is 1.40. The lowest BCUT2D eigenvalue weighted by Crippen LogP contribution is -2.68. The summed E-state index contributed by atoms with van der Waals surface area (Å²) in [5, 5.41) is 8.69. The van der Waals surface area contributed by atoms with Gasteiger partial charge in [-0.25, -0.2) is 4.79 Å². The molecule has 2 atom stereocenters. The van der Waals surface area contributed by atoms with Gasteiger partial charge >= 0.3 is 5.97 Å². The third-order valence-electron chi connectivity index (χ3n) is 2.39. The molecule has 0 aromatic rings. The lowest BCUT2D eigenvalue weighted by Gasteiger charge is -2.47. The van der Waals surface area contributed by atoms with Crippen LogP contribution in [0.1, 0.15) is 0 Å². The minimum absolute atomic E-state index is 0.0899. The maximum atomic E-state index is 11.4. The van der Waals surface area contributed by atoms with Crippen molar-refractivity contribution in [2.45, 2.75) is 11.4 Å². The molecule has 2 aliphatic rings. The van der Waals surface area contributed by atoms with Crippen LogP contribution in [0.15, 0.2) is 11.3 Å². The highest BCUT2D eigenvalue weighted by atomic mass is 32.2. The largest absolute Gasteiger partial charge is 0.477 e. The SMILES string of the molecule is C#CC1=C(C(=O)O)N2C(=O)C(N)[C@@H]2SC1. The van der Waals surface area contributed by atoms with E-state index in [0.717, 1.165) is 0 Å². The fraction of sp³-hybridized carbons (Fsp3) is 0.333. The van der Waals surface area contributed by atoms with Crippen LogP contribution >= 0.6 is 11.8 Å². The number of carbonyl (C=O) groups excluding carboxylic acids is 1. The van der Waals surface area contributed by atoms with Crippen molar-refractivity contribution in [1.82, 2.24) is 4.90 Å². The van der Waals surface area contributed by atoms with E-state index in [-0.39, 0.29) is 17.0 Å². The van der Waals surface area contributed by atoms with Crippen LogP contribution in [0.25, 0.3) is 0 Å². The zero-order chi connectivity index (χ0) is 11.2. The Hall–Kier alpha value is -1.45. The molecule has 0 radical (unpaired) electrons. The van der Waals surface area contributed by atoms with Gasteiger partial charge < -0.3 is 10.8 Å². The molecular weight excluding hydrogens is 216 g/mol. The topological polar surface area (TPSA) is 83.6 Å². The van der Waals surface area contributed by atoms with Crippen LogP contribution in [0, 0.1) is 12.3 Å². The highest BCUT2D eigenvalue weighted by molar-refractivity contribution is 8.00. The van der Waals surface area contributed by atoms with Crippen LogP contribution in [0.4, 0.5) is 0 Å². The molecule has 6 heteroatoms. The number of nitrogens with two attached hydrogens (primary N) is 1. The third kappa shape index (κ3) is 1.24. The normalized spacial score (nSPS) is 29.3. The number of rotatable bonds is 1. The first kappa shape index (κ1) is 10.1. The number of terminal acetylenes is 1. The van der Waals surface area contributed by atoms with E-state index in [2.05, 4.69) is 5.92 Å². The second-order valence-corrected chi connectivity index (χ2v) is 4.32. The summed E-state index contributed by atoms with van der Waals surface area (Å²) in [6.07, 6.45) is 5.19. The number of carboxylic acids is 1. The highest BCUT2D eigenvalue weighted by Crippen LogP contribution is 2.38. The number of β-lactam (4-membered cyclic amide) rings is 1. The molecule has 1 unspecified atom stereocenters. The van der Waals surface area contributed by atoms with E-state index in [4.69, 9.17) is 17.3 Å². The summed E-state index contributed by atoms with van der Waals surface area (Å²) in [6.45, 7) is 0. The number of fused-ring (bicyclic) bond motifs is 1. The van der Waals surface area contributed by atoms with Gasteiger partial charge in [0.25, 0.3) is 0 Å². The van der Waals surface area contributed by atoms with E-state index < -0.39 is 12.0 Å². The average molecular weight is 224 g/mol. The van der Waals surface area contributed by atoms with Crippen LogP contribution in [0.5, 0.6) is 0 Å². The van der Waals surface area contributed by atoms with Gasteiger partial charge in [-0.05, 0) is 0 Å². The Balaban J connectivity index is 2.43. The van der Waals surface area contributed by atoms with Gasteiger partial charge in [0, 0.05) is 11.3 Å². The van der Waals surface area contributed by atoms with Gasteiger partial charge in [0.05, 0.1) is 0 Å². The fourth-order valence-corrected chi connectivity index (χ4v) is 2.87. The highest BCUT2D eigenvalue weighted by Gasteiger charge is 2.51. The number of hydrogen-bond donors (Lipinski definition) is 2. The van der Waals surface area contributed by atoms with E-state index in [1.807, 2.05) is 0 Å². The lowest BCUT2D eigenvalue weighted by atomic mass is 10.0. The number of carbonyl (C=O) groups is 2. The monoisotopic (exact) mass is 224 g/mol. The molecule has 0 aromatic heterocycles. The van der Waals surface area contributed by atoms with Gasteiger partial charge in [0.1, 0.15) is 17.1 Å². The van der Waals surface area contributed by atoms with Crippen LogP contribution in [0.3, 0.4) is 0 Å². The molecule has 2 heterocycles. The van der Waals surface area contributed by atoms with E-state index in [9.17, 15) is 9.59 Å². The first-order valence-electron chi connectivity index (χ1n) is 4.21. The zero-order valence-electron chi connectivity index (χ0n) is 7.64. The molecule has 15 heavy (non-hydrogen) atoms. The number of carboxylic acid groups (broad SMARTS) is 1. The van der Waals surface area contributed by atoms with Crippen molar-refractivity contribution < 1.29 is 14.7 Å². The zero-order valence-corrected chi connectivity index (χ0v) is 8.45. The maximum absolute atomic E-state index is 11.4. The molecule has 3 N–H and O–H groups in total. The van der Waals surface area contributed by atoms with Gasteiger partial charge in [-0.2, -0.15) is 0 Å². The van der Waals surface area contributed by atoms with Crippen LogP contribution < -0.4 is 5.73 Å². The van der Waals surface area contributed by atoms with E-state index in [0.29, 0.717) is 11.3 Å². The molecule has 1 saturated heterocycles. The second-order valence-electron chi connectivity index (χ2n) is 3.21. The van der Waals surface area contributed by atoms with Crippen molar-refractivity contribution in [1.29, 1.82) is 0 Å². The summed E-state index contributed by atoms with van der Waals surface area (Å²) in [6, 6.07) is -0.608. The van der Waals surface area contributed by atoms with E-state index in [1.54, 1.807) is 0 Å². The Morgan fingerprint density at radius 2 is 2.40 bits per heavy atom. The molecule has 0 spiro atoms. The van der Waals surface area contributed by atoms with Crippen molar-refractivity contribution in [2.24, 2.45) is 5.73 Å². The van der Waals surface area contributed by atoms with Crippen molar-refractivity contribution in [2.75, 3.05) is 5.75 Å². The Labute approximate surface area is 90.3 Å². The van der Waals surface area contributed by atoms with Crippen molar-refractivity contribution in [3.05, 3.63) is 11.3 Å². The molecule has 0 bridgehead atoms. The summed E-state index contributed by atoms with van der Waals surface area (Å²) in [5.74, 6) is 1.17. The van der Waals surface area contributed by atoms with Gasteiger partial charge in [-0.3, -0.25) is 9.69 Å². The number of amides is 1. The molecule has 78 valence electrons. The number of nitrogens with zero attached hydrogens (tertiary/aromatic N) is 1. The molecule has 2 aliphatic heterocycles. The molecule has 2 rings (SSSR count). The molecule has 0 aliphatic carbocycles. The summed E-state index contributed by atoms with van der Waals surface area (Å²) in [4.78, 5) is 23.5. The fourth-order valence-electron chi connectivity index (χ4n) is 1.63. The van der Waals surface area contributed by atoms with Crippen molar-refractivity contribution in [3.63, 3.8) is 0 Å². The minimum Gasteiger partial charge on any atom is -0.477 e. The quantitative estimate of drug-likeness (QED) is 0.450. The molecule has 5 nitrogen and oxygen atoms in total. The second kappa shape index (κ2) is 3.29. The van der Waals surface area contributed by atoms with E-state index in [1.165, 1.54) is 16.7 Å². The maximum Gasteiger partial charge on any atom is 0.353 e. The standard InChI is InChI=1S/C9H8N2O3S/c1-2-4-3-15-8-5(10)7(12)11(8)6(4)9(13)14/h1,5,8H,3,10H2,(H,13,14)/t5?,8-/m0/s1. The number of aliphatic carboxylic acids is 1. The van der Waals surface area contributed by atoms with Crippen molar-refractivity contribution >= 4 is 23.6 Å². The van der Waals surface area contributed by atoms with Gasteiger partial charge in [-0.1, -0.05) is 5.92 Å². The molecular formula is C9H8N2O3S. The summed E-state index contributed by atoms with van der Waals surface area (Å²) < 4.78 is 0. The number of hydrogen-bond acceptors (Lipinski definition) is 4. The Morgan fingerprint density at radius 1 is 1.73 bits per heavy atom. The summed E-state index contributed by atoms with van der Waals surface area (Å²) in [5.41, 5.74) is 5.79. The van der Waals surface area contributed by atoms with Crippen molar-refractivity contribution in [3.8, 4) is 12.3 Å². The third-order valence-corrected chi connectivity index (χ3v) is 3.69. The molecule has 0 saturated carbocycles.